The van der Waals surface area contributed by atoms with Crippen LogP contribution in [0.5, 0.6) is 23.0 Å². The fourth-order valence-corrected chi connectivity index (χ4v) is 5.57. The van der Waals surface area contributed by atoms with Crippen LogP contribution in [0.15, 0.2) is 171 Å². The predicted molar refractivity (Wildman–Crippen MR) is 179 cm³/mol. The molecule has 0 radical (unpaired) electrons. The molecule has 0 fully saturated rings. The van der Waals surface area contributed by atoms with Crippen molar-refractivity contribution in [2.24, 2.45) is 0 Å². The Balaban J connectivity index is 0.935. The van der Waals surface area contributed by atoms with Crippen molar-refractivity contribution >= 4 is 21.5 Å². The highest BCUT2D eigenvalue weighted by molar-refractivity contribution is 5.88. The van der Waals surface area contributed by atoms with Crippen molar-refractivity contribution < 1.29 is 18.6 Å². The van der Waals surface area contributed by atoms with Crippen molar-refractivity contribution in [2.45, 2.75) is 0 Å². The summed E-state index contributed by atoms with van der Waals surface area (Å²) < 4.78 is 16.6. The third kappa shape index (κ3) is 5.51. The smallest absolute Gasteiger partial charge is 0.210 e. The van der Waals surface area contributed by atoms with Crippen molar-refractivity contribution in [1.82, 2.24) is 9.97 Å². The Hall–Kier alpha value is -6.40. The van der Waals surface area contributed by atoms with E-state index in [2.05, 4.69) is 92.4 Å². The van der Waals surface area contributed by atoms with E-state index in [1.165, 1.54) is 0 Å². The summed E-state index contributed by atoms with van der Waals surface area (Å²) in [5.74, 6) is 3.20. The maximum Gasteiger partial charge on any atom is 0.210 e. The summed E-state index contributed by atoms with van der Waals surface area (Å²) in [6.07, 6.45) is 15.6. The molecule has 4 aromatic carbocycles. The molecule has 8 rings (SSSR count). The van der Waals surface area contributed by atoms with Crippen LogP contribution in [0.1, 0.15) is 0 Å². The molecule has 8 aromatic rings. The average molecular weight is 597 g/mol. The number of rotatable bonds is 7. The molecule has 0 unspecified atom stereocenters. The molecule has 0 aliphatic heterocycles. The standard InChI is InChI=1S/C40H28N4O2/c1-3-31-27-41-21-15-37(31)39(5-1)45-35-11-7-33(8-12-35)43-23-17-29(18-24-43)30-19-25-44(26-20-30)34-9-13-36(14-10-34)46-40-6-2-4-32-28-42-22-16-38(32)40/h1-28H/q+2. The number of ether oxygens (including phenoxy) is 2. The lowest BCUT2D eigenvalue weighted by Gasteiger charge is -2.09. The average Bonchev–Trinajstić information content (AvgIpc) is 3.13. The Morgan fingerprint density at radius 1 is 0.413 bits per heavy atom. The van der Waals surface area contributed by atoms with E-state index in [1.807, 2.05) is 85.2 Å². The predicted octanol–water partition coefficient (Wildman–Crippen LogP) is 8.59. The molecule has 0 saturated heterocycles. The van der Waals surface area contributed by atoms with E-state index in [0.717, 1.165) is 67.0 Å². The van der Waals surface area contributed by atoms with Crippen LogP contribution in [-0.4, -0.2) is 9.97 Å². The van der Waals surface area contributed by atoms with Crippen LogP contribution in [0.25, 0.3) is 44.0 Å². The second-order valence-electron chi connectivity index (χ2n) is 10.9. The van der Waals surface area contributed by atoms with Gasteiger partial charge in [0.1, 0.15) is 23.0 Å². The fraction of sp³-hybridized carbons (Fsp3) is 0. The van der Waals surface area contributed by atoms with E-state index in [-0.39, 0.29) is 0 Å². The number of aromatic nitrogens is 4. The highest BCUT2D eigenvalue weighted by atomic mass is 16.5. The summed E-state index contributed by atoms with van der Waals surface area (Å²) in [7, 11) is 0. The molecule has 4 heterocycles. The van der Waals surface area contributed by atoms with Gasteiger partial charge in [-0.05, 0) is 59.7 Å². The molecule has 0 spiro atoms. The van der Waals surface area contributed by atoms with Gasteiger partial charge in [-0.15, -0.1) is 0 Å². The summed E-state index contributed by atoms with van der Waals surface area (Å²) in [5, 5.41) is 4.18. The Morgan fingerprint density at radius 3 is 1.24 bits per heavy atom. The number of hydrogen-bond acceptors (Lipinski definition) is 4. The molecule has 0 N–H and O–H groups in total. The van der Waals surface area contributed by atoms with E-state index >= 15 is 0 Å². The first kappa shape index (κ1) is 27.2. The third-order valence-electron chi connectivity index (χ3n) is 8.00. The van der Waals surface area contributed by atoms with Crippen LogP contribution in [0.2, 0.25) is 0 Å². The maximum atomic E-state index is 6.20. The summed E-state index contributed by atoms with van der Waals surface area (Å²) in [5.41, 5.74) is 4.39. The zero-order valence-electron chi connectivity index (χ0n) is 24.8. The first-order valence-corrected chi connectivity index (χ1v) is 15.0. The molecule has 0 amide bonds. The van der Waals surface area contributed by atoms with Gasteiger partial charge in [-0.1, -0.05) is 24.3 Å². The lowest BCUT2D eigenvalue weighted by atomic mass is 10.1. The van der Waals surface area contributed by atoms with Gasteiger partial charge in [0.2, 0.25) is 11.4 Å². The van der Waals surface area contributed by atoms with Crippen LogP contribution in [-0.2, 0) is 0 Å². The minimum atomic E-state index is 0.785. The molecular formula is C40H28N4O2+2. The number of nitrogens with zero attached hydrogens (tertiary/aromatic N) is 4. The van der Waals surface area contributed by atoms with Crippen LogP contribution < -0.4 is 18.6 Å². The summed E-state index contributed by atoms with van der Waals surface area (Å²) in [6.45, 7) is 0. The van der Waals surface area contributed by atoms with E-state index < -0.39 is 0 Å². The van der Waals surface area contributed by atoms with Gasteiger partial charge in [0.15, 0.2) is 24.8 Å². The van der Waals surface area contributed by atoms with Gasteiger partial charge in [0.25, 0.3) is 0 Å². The minimum absolute atomic E-state index is 0.785. The molecule has 218 valence electrons. The molecule has 46 heavy (non-hydrogen) atoms. The van der Waals surface area contributed by atoms with Crippen molar-refractivity contribution in [2.75, 3.05) is 0 Å². The van der Waals surface area contributed by atoms with Gasteiger partial charge in [0.05, 0.1) is 0 Å². The van der Waals surface area contributed by atoms with Crippen LogP contribution in [0.4, 0.5) is 0 Å². The van der Waals surface area contributed by atoms with E-state index in [0.29, 0.717) is 0 Å². The van der Waals surface area contributed by atoms with Gasteiger partial charge < -0.3 is 9.47 Å². The quantitative estimate of drug-likeness (QED) is 0.173. The molecule has 0 atom stereocenters. The van der Waals surface area contributed by atoms with Gasteiger partial charge in [-0.3, -0.25) is 9.97 Å². The normalized spacial score (nSPS) is 11.0. The molecule has 0 aliphatic carbocycles. The largest absolute Gasteiger partial charge is 0.457 e. The Morgan fingerprint density at radius 2 is 0.826 bits per heavy atom. The zero-order valence-corrected chi connectivity index (χ0v) is 24.8. The third-order valence-corrected chi connectivity index (χ3v) is 8.00. The molecule has 0 aliphatic rings. The van der Waals surface area contributed by atoms with Gasteiger partial charge in [-0.25, -0.2) is 0 Å². The SMILES string of the molecule is c1cc(Oc2ccc(-[n+]3ccc(-c4cc[n+](-c5ccc(Oc6cccc7cnccc67)cc5)cc4)cc3)cc2)c2ccncc2c1. The highest BCUT2D eigenvalue weighted by Gasteiger charge is 2.12. The van der Waals surface area contributed by atoms with E-state index in [4.69, 9.17) is 9.47 Å². The Labute approximate surface area is 266 Å². The molecule has 0 bridgehead atoms. The second kappa shape index (κ2) is 11.9. The van der Waals surface area contributed by atoms with Gasteiger partial charge in [0, 0.05) is 94.9 Å². The topological polar surface area (TPSA) is 52.0 Å². The Bertz CT molecular complexity index is 2110. The zero-order chi connectivity index (χ0) is 30.7. The summed E-state index contributed by atoms with van der Waals surface area (Å²) >= 11 is 0. The summed E-state index contributed by atoms with van der Waals surface area (Å²) in [4.78, 5) is 8.41. The van der Waals surface area contributed by atoms with Crippen molar-refractivity contribution in [3.63, 3.8) is 0 Å². The number of pyridine rings is 4. The van der Waals surface area contributed by atoms with Crippen LogP contribution in [0.3, 0.4) is 0 Å². The molecular weight excluding hydrogens is 568 g/mol. The fourth-order valence-electron chi connectivity index (χ4n) is 5.57. The number of benzene rings is 4. The molecule has 6 heteroatoms. The maximum absolute atomic E-state index is 6.20. The van der Waals surface area contributed by atoms with Crippen molar-refractivity contribution in [3.8, 4) is 45.5 Å². The first-order valence-electron chi connectivity index (χ1n) is 15.0. The number of hydrogen-bond donors (Lipinski definition) is 0. The second-order valence-corrected chi connectivity index (χ2v) is 10.9. The van der Waals surface area contributed by atoms with Gasteiger partial charge in [-0.2, -0.15) is 9.13 Å². The van der Waals surface area contributed by atoms with E-state index in [1.54, 1.807) is 12.4 Å². The molecule has 0 saturated carbocycles. The highest BCUT2D eigenvalue weighted by Crippen LogP contribution is 2.31. The Kier molecular flexibility index (Phi) is 7.05. The van der Waals surface area contributed by atoms with Crippen molar-refractivity contribution in [3.05, 3.63) is 171 Å². The van der Waals surface area contributed by atoms with Gasteiger partial charge >= 0.3 is 0 Å². The molecule has 4 aromatic heterocycles. The van der Waals surface area contributed by atoms with Crippen LogP contribution >= 0.6 is 0 Å². The number of fused-ring (bicyclic) bond motifs is 2. The lowest BCUT2D eigenvalue weighted by molar-refractivity contribution is -0.596. The molecule has 6 nitrogen and oxygen atoms in total. The van der Waals surface area contributed by atoms with E-state index in [9.17, 15) is 0 Å². The lowest BCUT2D eigenvalue weighted by Crippen LogP contribution is -2.29. The minimum Gasteiger partial charge on any atom is -0.457 e. The first-order chi connectivity index (χ1) is 22.8. The summed E-state index contributed by atoms with van der Waals surface area (Å²) in [6, 6.07) is 40.7. The van der Waals surface area contributed by atoms with Crippen molar-refractivity contribution in [1.29, 1.82) is 0 Å². The monoisotopic (exact) mass is 596 g/mol. The van der Waals surface area contributed by atoms with Crippen LogP contribution in [0, 0.1) is 0 Å².